The summed E-state index contributed by atoms with van der Waals surface area (Å²) in [5, 5.41) is 0.990. The standard InChI is InChI=1S/C15H20N4O3S/c1-10-8-12(22-13(10)14(20)21-3)9-18-4-6-19(7-5-18)15-16-11(2)17-23-15/h8H,4-7,9H2,1-3H3. The Morgan fingerprint density at radius 1 is 1.35 bits per heavy atom. The van der Waals surface area contributed by atoms with Gasteiger partial charge in [-0.25, -0.2) is 9.78 Å². The number of hydrogen-bond acceptors (Lipinski definition) is 8. The second-order valence-corrected chi connectivity index (χ2v) is 6.33. The van der Waals surface area contributed by atoms with E-state index in [9.17, 15) is 4.79 Å². The number of esters is 1. The van der Waals surface area contributed by atoms with Crippen molar-refractivity contribution in [3.63, 3.8) is 0 Å². The normalized spacial score (nSPS) is 15.9. The summed E-state index contributed by atoms with van der Waals surface area (Å²) in [6, 6.07) is 1.91. The molecule has 0 atom stereocenters. The quantitative estimate of drug-likeness (QED) is 0.789. The highest BCUT2D eigenvalue weighted by Crippen LogP contribution is 2.21. The molecular formula is C15H20N4O3S. The summed E-state index contributed by atoms with van der Waals surface area (Å²) in [5.74, 6) is 1.49. The SMILES string of the molecule is COC(=O)c1oc(CN2CCN(c3nc(C)ns3)CC2)cc1C. The number of hydrogen-bond donors (Lipinski definition) is 0. The number of piperazine rings is 1. The van der Waals surface area contributed by atoms with E-state index in [1.165, 1.54) is 18.6 Å². The van der Waals surface area contributed by atoms with E-state index in [0.29, 0.717) is 12.3 Å². The van der Waals surface area contributed by atoms with Crippen molar-refractivity contribution in [3.05, 3.63) is 29.0 Å². The number of aromatic nitrogens is 2. The van der Waals surface area contributed by atoms with E-state index in [1.54, 1.807) is 0 Å². The number of anilines is 1. The summed E-state index contributed by atoms with van der Waals surface area (Å²) in [5.41, 5.74) is 0.815. The van der Waals surface area contributed by atoms with Gasteiger partial charge in [0.25, 0.3) is 0 Å². The minimum absolute atomic E-state index is 0.297. The molecule has 7 nitrogen and oxygen atoms in total. The Morgan fingerprint density at radius 2 is 2.09 bits per heavy atom. The lowest BCUT2D eigenvalue weighted by Crippen LogP contribution is -2.45. The van der Waals surface area contributed by atoms with Crippen molar-refractivity contribution >= 4 is 22.6 Å². The molecule has 2 aromatic rings. The monoisotopic (exact) mass is 336 g/mol. The second kappa shape index (κ2) is 6.67. The van der Waals surface area contributed by atoms with Crippen LogP contribution in [-0.2, 0) is 11.3 Å². The van der Waals surface area contributed by atoms with Crippen LogP contribution >= 0.6 is 11.5 Å². The lowest BCUT2D eigenvalue weighted by Gasteiger charge is -2.33. The first-order valence-electron chi connectivity index (χ1n) is 7.52. The number of methoxy groups -OCH3 is 1. The molecule has 124 valence electrons. The maximum Gasteiger partial charge on any atom is 0.374 e. The number of aryl methyl sites for hydroxylation is 2. The zero-order valence-electron chi connectivity index (χ0n) is 13.5. The van der Waals surface area contributed by atoms with Crippen molar-refractivity contribution in [1.29, 1.82) is 0 Å². The summed E-state index contributed by atoms with van der Waals surface area (Å²) < 4.78 is 14.6. The lowest BCUT2D eigenvalue weighted by atomic mass is 10.2. The summed E-state index contributed by atoms with van der Waals surface area (Å²) in [7, 11) is 1.36. The van der Waals surface area contributed by atoms with Gasteiger partial charge >= 0.3 is 5.97 Å². The molecule has 0 saturated carbocycles. The fourth-order valence-corrected chi connectivity index (χ4v) is 3.38. The molecule has 1 saturated heterocycles. The number of nitrogens with zero attached hydrogens (tertiary/aromatic N) is 4. The van der Waals surface area contributed by atoms with Crippen molar-refractivity contribution in [1.82, 2.24) is 14.3 Å². The first-order valence-corrected chi connectivity index (χ1v) is 8.29. The van der Waals surface area contributed by atoms with Crippen LogP contribution in [0.5, 0.6) is 0 Å². The Bertz CT molecular complexity index is 689. The Kier molecular flexibility index (Phi) is 4.63. The van der Waals surface area contributed by atoms with E-state index >= 15 is 0 Å². The van der Waals surface area contributed by atoms with Crippen LogP contribution in [0, 0.1) is 13.8 Å². The van der Waals surface area contributed by atoms with Gasteiger partial charge in [-0.05, 0) is 19.9 Å². The second-order valence-electron chi connectivity index (χ2n) is 5.60. The molecule has 3 heterocycles. The lowest BCUT2D eigenvalue weighted by molar-refractivity contribution is 0.0560. The third-order valence-corrected chi connectivity index (χ3v) is 4.75. The summed E-state index contributed by atoms with van der Waals surface area (Å²) >= 11 is 1.45. The largest absolute Gasteiger partial charge is 0.463 e. The third kappa shape index (κ3) is 3.53. The maximum absolute atomic E-state index is 11.6. The highest BCUT2D eigenvalue weighted by Gasteiger charge is 2.22. The van der Waals surface area contributed by atoms with Gasteiger partial charge in [-0.2, -0.15) is 4.37 Å². The van der Waals surface area contributed by atoms with Gasteiger partial charge in [-0.15, -0.1) is 0 Å². The molecule has 0 bridgehead atoms. The number of carbonyl (C=O) groups excluding carboxylic acids is 1. The molecule has 3 rings (SSSR count). The molecule has 0 radical (unpaired) electrons. The topological polar surface area (TPSA) is 71.7 Å². The van der Waals surface area contributed by atoms with Crippen molar-refractivity contribution < 1.29 is 13.9 Å². The fourth-order valence-electron chi connectivity index (χ4n) is 2.65. The average Bonchev–Trinajstić information content (AvgIpc) is 3.13. The molecule has 0 unspecified atom stereocenters. The van der Waals surface area contributed by atoms with Crippen LogP contribution in [0.1, 0.15) is 27.7 Å². The number of furan rings is 1. The van der Waals surface area contributed by atoms with Crippen LogP contribution in [-0.4, -0.2) is 53.5 Å². The maximum atomic E-state index is 11.6. The van der Waals surface area contributed by atoms with Gasteiger partial charge in [0.1, 0.15) is 11.6 Å². The highest BCUT2D eigenvalue weighted by atomic mass is 32.1. The Morgan fingerprint density at radius 3 is 2.70 bits per heavy atom. The van der Waals surface area contributed by atoms with Gasteiger partial charge < -0.3 is 14.1 Å². The molecule has 1 aliphatic rings. The molecule has 0 amide bonds. The van der Waals surface area contributed by atoms with Gasteiger partial charge in [-0.3, -0.25) is 4.90 Å². The molecule has 0 spiro atoms. The molecular weight excluding hydrogens is 316 g/mol. The van der Waals surface area contributed by atoms with Crippen LogP contribution in [0.25, 0.3) is 0 Å². The number of rotatable bonds is 4. The zero-order chi connectivity index (χ0) is 16.4. The van der Waals surface area contributed by atoms with Gasteiger partial charge in [0.15, 0.2) is 0 Å². The predicted molar refractivity (Wildman–Crippen MR) is 86.9 cm³/mol. The third-order valence-electron chi connectivity index (χ3n) is 3.88. The van der Waals surface area contributed by atoms with Gasteiger partial charge in [0.2, 0.25) is 10.9 Å². The van der Waals surface area contributed by atoms with Crippen LogP contribution in [0.15, 0.2) is 10.5 Å². The van der Waals surface area contributed by atoms with Gasteiger partial charge in [0.05, 0.1) is 13.7 Å². The van der Waals surface area contributed by atoms with Crippen LogP contribution in [0.3, 0.4) is 0 Å². The number of carbonyl (C=O) groups is 1. The van der Waals surface area contributed by atoms with Crippen molar-refractivity contribution in [2.75, 3.05) is 38.2 Å². The van der Waals surface area contributed by atoms with E-state index in [1.807, 2.05) is 19.9 Å². The molecule has 0 N–H and O–H groups in total. The van der Waals surface area contributed by atoms with Crippen LogP contribution in [0.4, 0.5) is 5.13 Å². The van der Waals surface area contributed by atoms with E-state index in [-0.39, 0.29) is 0 Å². The first kappa shape index (κ1) is 15.9. The minimum atomic E-state index is -0.426. The summed E-state index contributed by atoms with van der Waals surface area (Å²) in [4.78, 5) is 20.6. The van der Waals surface area contributed by atoms with Gasteiger partial charge in [-0.1, -0.05) is 0 Å². The Labute approximate surface area is 139 Å². The zero-order valence-corrected chi connectivity index (χ0v) is 14.4. The van der Waals surface area contributed by atoms with Crippen molar-refractivity contribution in [2.24, 2.45) is 0 Å². The average molecular weight is 336 g/mol. The summed E-state index contributed by atoms with van der Waals surface area (Å²) in [6.07, 6.45) is 0. The predicted octanol–water partition coefficient (Wildman–Crippen LogP) is 1.86. The van der Waals surface area contributed by atoms with Crippen LogP contribution in [0.2, 0.25) is 0 Å². The Hall–Kier alpha value is -1.93. The van der Waals surface area contributed by atoms with Gasteiger partial charge in [0, 0.05) is 43.3 Å². The molecule has 0 aliphatic carbocycles. The number of ether oxygens (including phenoxy) is 1. The molecule has 23 heavy (non-hydrogen) atoms. The molecule has 8 heteroatoms. The minimum Gasteiger partial charge on any atom is -0.463 e. The smallest absolute Gasteiger partial charge is 0.374 e. The Balaban J connectivity index is 1.57. The van der Waals surface area contributed by atoms with E-state index in [2.05, 4.69) is 19.2 Å². The van der Waals surface area contributed by atoms with E-state index in [0.717, 1.165) is 48.5 Å². The van der Waals surface area contributed by atoms with Crippen molar-refractivity contribution in [3.8, 4) is 0 Å². The molecule has 2 aromatic heterocycles. The highest BCUT2D eigenvalue weighted by molar-refractivity contribution is 7.09. The molecule has 1 fully saturated rings. The van der Waals surface area contributed by atoms with E-state index < -0.39 is 5.97 Å². The molecule has 0 aromatic carbocycles. The fraction of sp³-hybridized carbons (Fsp3) is 0.533. The van der Waals surface area contributed by atoms with Crippen molar-refractivity contribution in [2.45, 2.75) is 20.4 Å². The van der Waals surface area contributed by atoms with E-state index in [4.69, 9.17) is 9.15 Å². The summed E-state index contributed by atoms with van der Waals surface area (Å²) in [6.45, 7) is 8.14. The molecule has 1 aliphatic heterocycles. The first-order chi connectivity index (χ1) is 11.1. The van der Waals surface area contributed by atoms with Crippen LogP contribution < -0.4 is 4.90 Å².